The van der Waals surface area contributed by atoms with Crippen molar-refractivity contribution >= 4 is 11.8 Å². The lowest BCUT2D eigenvalue weighted by Crippen LogP contribution is -2.28. The molecule has 0 spiro atoms. The van der Waals surface area contributed by atoms with Gasteiger partial charge in [-0.3, -0.25) is 0 Å². The van der Waals surface area contributed by atoms with Crippen molar-refractivity contribution in [2.75, 3.05) is 18.1 Å². The number of aryl methyl sites for hydroxylation is 1. The lowest BCUT2D eigenvalue weighted by Gasteiger charge is -2.12. The van der Waals surface area contributed by atoms with Crippen LogP contribution in [-0.2, 0) is 6.42 Å². The molecule has 3 heteroatoms. The fourth-order valence-electron chi connectivity index (χ4n) is 1.46. The first-order valence-electron chi connectivity index (χ1n) is 5.77. The van der Waals surface area contributed by atoms with Crippen molar-refractivity contribution in [1.82, 2.24) is 5.32 Å². The third kappa shape index (κ3) is 6.03. The van der Waals surface area contributed by atoms with Gasteiger partial charge >= 0.3 is 0 Å². The molecular formula is C13H21NOS. The summed E-state index contributed by atoms with van der Waals surface area (Å²) < 4.78 is 5.30. The van der Waals surface area contributed by atoms with E-state index in [0.717, 1.165) is 36.7 Å². The first-order chi connectivity index (χ1) is 7.83. The van der Waals surface area contributed by atoms with Crippen molar-refractivity contribution in [3.05, 3.63) is 36.8 Å². The number of hydrogen-bond donors (Lipinski definition) is 1. The van der Waals surface area contributed by atoms with Crippen molar-refractivity contribution in [2.24, 2.45) is 0 Å². The predicted molar refractivity (Wildman–Crippen MR) is 72.0 cm³/mol. The second kappa shape index (κ2) is 8.48. The molecule has 1 heterocycles. The molecule has 1 rings (SSSR count). The summed E-state index contributed by atoms with van der Waals surface area (Å²) in [5.74, 6) is 3.27. The molecule has 0 saturated heterocycles. The highest BCUT2D eigenvalue weighted by atomic mass is 32.2. The summed E-state index contributed by atoms with van der Waals surface area (Å²) in [5, 5.41) is 3.51. The largest absolute Gasteiger partial charge is 0.469 e. The monoisotopic (exact) mass is 239 g/mol. The first kappa shape index (κ1) is 13.4. The zero-order chi connectivity index (χ0) is 11.6. The van der Waals surface area contributed by atoms with Crippen molar-refractivity contribution in [3.63, 3.8) is 0 Å². The van der Waals surface area contributed by atoms with E-state index in [2.05, 4.69) is 18.8 Å². The summed E-state index contributed by atoms with van der Waals surface area (Å²) in [6, 6.07) is 4.53. The Morgan fingerprint density at radius 1 is 1.62 bits per heavy atom. The highest BCUT2D eigenvalue weighted by Gasteiger charge is 2.02. The van der Waals surface area contributed by atoms with Gasteiger partial charge in [0.1, 0.15) is 5.76 Å². The molecule has 0 aliphatic rings. The normalized spacial score (nSPS) is 12.6. The Kier molecular flexibility index (Phi) is 7.10. The van der Waals surface area contributed by atoms with Gasteiger partial charge in [0, 0.05) is 30.5 Å². The van der Waals surface area contributed by atoms with E-state index in [1.165, 1.54) is 0 Å². The maximum atomic E-state index is 5.30. The van der Waals surface area contributed by atoms with Crippen LogP contribution < -0.4 is 5.32 Å². The first-order valence-corrected chi connectivity index (χ1v) is 6.93. The van der Waals surface area contributed by atoms with E-state index in [9.17, 15) is 0 Å². The summed E-state index contributed by atoms with van der Waals surface area (Å²) in [6.07, 6.45) is 5.82. The van der Waals surface area contributed by atoms with E-state index in [1.54, 1.807) is 6.26 Å². The van der Waals surface area contributed by atoms with E-state index < -0.39 is 0 Å². The third-order valence-corrected chi connectivity index (χ3v) is 3.34. The van der Waals surface area contributed by atoms with Crippen molar-refractivity contribution in [1.29, 1.82) is 0 Å². The van der Waals surface area contributed by atoms with Gasteiger partial charge in [-0.15, -0.1) is 6.58 Å². The zero-order valence-electron chi connectivity index (χ0n) is 9.95. The molecule has 90 valence electrons. The van der Waals surface area contributed by atoms with Gasteiger partial charge in [-0.2, -0.15) is 11.8 Å². The van der Waals surface area contributed by atoms with Gasteiger partial charge in [-0.1, -0.05) is 6.08 Å². The van der Waals surface area contributed by atoms with Crippen LogP contribution in [0.15, 0.2) is 35.5 Å². The van der Waals surface area contributed by atoms with Crippen LogP contribution in [0.25, 0.3) is 0 Å². The molecular weight excluding hydrogens is 218 g/mol. The van der Waals surface area contributed by atoms with Crippen LogP contribution in [0.1, 0.15) is 19.1 Å². The topological polar surface area (TPSA) is 25.2 Å². The van der Waals surface area contributed by atoms with Crippen molar-refractivity contribution < 1.29 is 4.42 Å². The number of nitrogens with one attached hydrogen (secondary N) is 1. The Morgan fingerprint density at radius 2 is 2.50 bits per heavy atom. The standard InChI is InChI=1S/C13H21NOS/c1-3-10-16-11-8-14-12(2)6-7-13-5-4-9-15-13/h3-5,9,12,14H,1,6-8,10-11H2,2H3. The Bertz CT molecular complexity index is 271. The molecule has 0 saturated carbocycles. The third-order valence-electron chi connectivity index (χ3n) is 2.38. The summed E-state index contributed by atoms with van der Waals surface area (Å²) in [5.41, 5.74) is 0. The number of rotatable bonds is 9. The van der Waals surface area contributed by atoms with Crippen LogP contribution in [0, 0.1) is 0 Å². The molecule has 0 radical (unpaired) electrons. The van der Waals surface area contributed by atoms with E-state index in [4.69, 9.17) is 4.42 Å². The molecule has 1 atom stereocenters. The minimum absolute atomic E-state index is 0.550. The molecule has 1 N–H and O–H groups in total. The van der Waals surface area contributed by atoms with Gasteiger partial charge in [-0.25, -0.2) is 0 Å². The fourth-order valence-corrected chi connectivity index (χ4v) is 2.06. The smallest absolute Gasteiger partial charge is 0.103 e. The number of thioether (sulfide) groups is 1. The molecule has 0 aliphatic carbocycles. The average molecular weight is 239 g/mol. The Balaban J connectivity index is 1.98. The van der Waals surface area contributed by atoms with Crippen LogP contribution in [0.2, 0.25) is 0 Å². The molecule has 0 fully saturated rings. The molecule has 1 unspecified atom stereocenters. The van der Waals surface area contributed by atoms with Crippen LogP contribution in [0.4, 0.5) is 0 Å². The SMILES string of the molecule is C=CCSCCNC(C)CCc1ccco1. The molecule has 0 amide bonds. The zero-order valence-corrected chi connectivity index (χ0v) is 10.8. The number of hydrogen-bond acceptors (Lipinski definition) is 3. The van der Waals surface area contributed by atoms with Gasteiger partial charge in [0.15, 0.2) is 0 Å². The van der Waals surface area contributed by atoms with E-state index in [1.807, 2.05) is 30.0 Å². The lowest BCUT2D eigenvalue weighted by molar-refractivity contribution is 0.466. The minimum atomic E-state index is 0.550. The van der Waals surface area contributed by atoms with Crippen LogP contribution in [0.5, 0.6) is 0 Å². The summed E-state index contributed by atoms with van der Waals surface area (Å²) in [4.78, 5) is 0. The molecule has 0 bridgehead atoms. The second-order valence-electron chi connectivity index (χ2n) is 3.84. The van der Waals surface area contributed by atoms with Gasteiger partial charge in [0.05, 0.1) is 6.26 Å². The maximum absolute atomic E-state index is 5.30. The fraction of sp³-hybridized carbons (Fsp3) is 0.538. The van der Waals surface area contributed by atoms with Crippen LogP contribution in [0.3, 0.4) is 0 Å². The average Bonchev–Trinajstić information content (AvgIpc) is 2.79. The van der Waals surface area contributed by atoms with E-state index in [-0.39, 0.29) is 0 Å². The summed E-state index contributed by atoms with van der Waals surface area (Å²) in [7, 11) is 0. The van der Waals surface area contributed by atoms with Crippen LogP contribution >= 0.6 is 11.8 Å². The Labute approximate surface area is 102 Å². The quantitative estimate of drug-likeness (QED) is 0.529. The minimum Gasteiger partial charge on any atom is -0.469 e. The van der Waals surface area contributed by atoms with Crippen LogP contribution in [-0.4, -0.2) is 24.1 Å². The van der Waals surface area contributed by atoms with Gasteiger partial charge in [0.2, 0.25) is 0 Å². The molecule has 2 nitrogen and oxygen atoms in total. The summed E-state index contributed by atoms with van der Waals surface area (Å²) in [6.45, 7) is 6.99. The highest BCUT2D eigenvalue weighted by molar-refractivity contribution is 7.99. The molecule has 0 aromatic carbocycles. The number of furan rings is 1. The molecule has 1 aromatic heterocycles. The van der Waals surface area contributed by atoms with Crippen molar-refractivity contribution in [2.45, 2.75) is 25.8 Å². The van der Waals surface area contributed by atoms with Gasteiger partial charge in [0.25, 0.3) is 0 Å². The van der Waals surface area contributed by atoms with Gasteiger partial charge < -0.3 is 9.73 Å². The summed E-state index contributed by atoms with van der Waals surface area (Å²) >= 11 is 1.91. The predicted octanol–water partition coefficient (Wildman–Crippen LogP) is 3.11. The van der Waals surface area contributed by atoms with E-state index >= 15 is 0 Å². The van der Waals surface area contributed by atoms with E-state index in [0.29, 0.717) is 6.04 Å². The maximum Gasteiger partial charge on any atom is 0.103 e. The molecule has 0 aliphatic heterocycles. The van der Waals surface area contributed by atoms with Gasteiger partial charge in [-0.05, 0) is 25.5 Å². The molecule has 1 aromatic rings. The lowest BCUT2D eigenvalue weighted by atomic mass is 10.1. The van der Waals surface area contributed by atoms with Crippen molar-refractivity contribution in [3.8, 4) is 0 Å². The Morgan fingerprint density at radius 3 is 3.19 bits per heavy atom. The highest BCUT2D eigenvalue weighted by Crippen LogP contribution is 2.06. The second-order valence-corrected chi connectivity index (χ2v) is 4.99. The Hall–Kier alpha value is -0.670. The molecule has 16 heavy (non-hydrogen) atoms.